The van der Waals surface area contributed by atoms with Crippen LogP contribution in [0, 0.1) is 5.92 Å². The van der Waals surface area contributed by atoms with E-state index in [0.717, 1.165) is 25.2 Å². The molecule has 6 nitrogen and oxygen atoms in total. The fourth-order valence-corrected chi connectivity index (χ4v) is 2.77. The average molecular weight is 340 g/mol. The smallest absolute Gasteiger partial charge is 0.254 e. The van der Waals surface area contributed by atoms with Gasteiger partial charge in [0.2, 0.25) is 5.91 Å². The molecule has 0 saturated carbocycles. The van der Waals surface area contributed by atoms with Crippen LogP contribution in [-0.2, 0) is 9.53 Å². The largest absolute Gasteiger partial charge is 0.378 e. The molecule has 2 fully saturated rings. The number of carbonyl (C=O) groups excluding carboxylic acids is 2. The predicted molar refractivity (Wildman–Crippen MR) is 90.0 cm³/mol. The van der Waals surface area contributed by atoms with Crippen LogP contribution in [0.25, 0.3) is 0 Å². The Morgan fingerprint density at radius 1 is 1.17 bits per heavy atom. The maximum atomic E-state index is 12.3. The second kappa shape index (κ2) is 8.29. The van der Waals surface area contributed by atoms with Crippen LogP contribution in [0.1, 0.15) is 16.8 Å². The summed E-state index contributed by atoms with van der Waals surface area (Å²) in [5.41, 5.74) is 1.37. The molecule has 1 aromatic carbocycles. The number of nitrogens with one attached hydrogen (secondary N) is 2. The van der Waals surface area contributed by atoms with Gasteiger partial charge in [0, 0.05) is 30.9 Å². The molecule has 0 spiro atoms. The first-order valence-corrected chi connectivity index (χ1v) is 7.73. The van der Waals surface area contributed by atoms with E-state index in [-0.39, 0.29) is 30.1 Å². The topological polar surface area (TPSA) is 70.7 Å². The van der Waals surface area contributed by atoms with Gasteiger partial charge in [-0.25, -0.2) is 0 Å². The lowest BCUT2D eigenvalue weighted by molar-refractivity contribution is -0.119. The zero-order valence-corrected chi connectivity index (χ0v) is 13.7. The van der Waals surface area contributed by atoms with Gasteiger partial charge in [0.1, 0.15) is 0 Å². The molecule has 7 heteroatoms. The molecule has 3 rings (SSSR count). The summed E-state index contributed by atoms with van der Waals surface area (Å²) in [7, 11) is 0. The summed E-state index contributed by atoms with van der Waals surface area (Å²) in [6.07, 6.45) is 0.874. The monoisotopic (exact) mass is 339 g/mol. The van der Waals surface area contributed by atoms with E-state index in [9.17, 15) is 9.59 Å². The van der Waals surface area contributed by atoms with Crippen molar-refractivity contribution in [3.8, 4) is 0 Å². The van der Waals surface area contributed by atoms with Gasteiger partial charge >= 0.3 is 0 Å². The van der Waals surface area contributed by atoms with E-state index < -0.39 is 0 Å². The summed E-state index contributed by atoms with van der Waals surface area (Å²) in [4.78, 5) is 26.2. The number of rotatable bonds is 3. The van der Waals surface area contributed by atoms with Crippen molar-refractivity contribution in [1.82, 2.24) is 10.2 Å². The minimum Gasteiger partial charge on any atom is -0.378 e. The quantitative estimate of drug-likeness (QED) is 0.866. The minimum atomic E-state index is 0. The molecule has 1 atom stereocenters. The number of anilines is 1. The number of halogens is 1. The third-order valence-corrected chi connectivity index (χ3v) is 4.13. The molecule has 2 heterocycles. The van der Waals surface area contributed by atoms with Crippen molar-refractivity contribution in [2.45, 2.75) is 6.42 Å². The summed E-state index contributed by atoms with van der Waals surface area (Å²) in [6, 6.07) is 7.10. The second-order valence-corrected chi connectivity index (χ2v) is 5.66. The summed E-state index contributed by atoms with van der Waals surface area (Å²) in [5, 5.41) is 6.08. The van der Waals surface area contributed by atoms with Gasteiger partial charge < -0.3 is 20.3 Å². The molecule has 2 aliphatic rings. The third kappa shape index (κ3) is 4.43. The van der Waals surface area contributed by atoms with E-state index in [1.807, 2.05) is 0 Å². The highest BCUT2D eigenvalue weighted by Crippen LogP contribution is 2.15. The normalized spacial score (nSPS) is 20.7. The Bertz CT molecular complexity index is 538. The van der Waals surface area contributed by atoms with Gasteiger partial charge in [-0.2, -0.15) is 0 Å². The first kappa shape index (κ1) is 17.7. The maximum Gasteiger partial charge on any atom is 0.254 e. The molecule has 0 radical (unpaired) electrons. The van der Waals surface area contributed by atoms with Crippen LogP contribution in [-0.4, -0.2) is 56.1 Å². The highest BCUT2D eigenvalue weighted by molar-refractivity contribution is 5.96. The van der Waals surface area contributed by atoms with Crippen molar-refractivity contribution in [2.75, 3.05) is 44.7 Å². The van der Waals surface area contributed by atoms with Gasteiger partial charge in [0.05, 0.1) is 19.1 Å². The molecule has 126 valence electrons. The third-order valence-electron chi connectivity index (χ3n) is 4.13. The van der Waals surface area contributed by atoms with Crippen LogP contribution in [0.2, 0.25) is 0 Å². The zero-order valence-electron chi connectivity index (χ0n) is 12.9. The molecule has 0 aromatic heterocycles. The Morgan fingerprint density at radius 3 is 2.48 bits per heavy atom. The van der Waals surface area contributed by atoms with Crippen molar-refractivity contribution in [3.63, 3.8) is 0 Å². The zero-order chi connectivity index (χ0) is 15.4. The standard InChI is InChI=1S/C16H21N3O3.ClH/c20-15(13-5-6-17-11-13)18-14-3-1-12(2-4-14)16(21)19-7-9-22-10-8-19;/h1-4,13,17H,5-11H2,(H,18,20);1H. The van der Waals surface area contributed by atoms with E-state index in [2.05, 4.69) is 10.6 Å². The maximum absolute atomic E-state index is 12.3. The fourth-order valence-electron chi connectivity index (χ4n) is 2.77. The highest BCUT2D eigenvalue weighted by atomic mass is 35.5. The van der Waals surface area contributed by atoms with Crippen LogP contribution in [0.3, 0.4) is 0 Å². The van der Waals surface area contributed by atoms with Crippen LogP contribution in [0.15, 0.2) is 24.3 Å². The number of ether oxygens (including phenoxy) is 1. The van der Waals surface area contributed by atoms with Crippen molar-refractivity contribution in [3.05, 3.63) is 29.8 Å². The lowest BCUT2D eigenvalue weighted by atomic mass is 10.1. The number of morpholine rings is 1. The Hall–Kier alpha value is -1.63. The summed E-state index contributed by atoms with van der Waals surface area (Å²) in [6.45, 7) is 4.08. The Labute approximate surface area is 142 Å². The number of carbonyl (C=O) groups is 2. The van der Waals surface area contributed by atoms with Gasteiger partial charge in [-0.3, -0.25) is 9.59 Å². The second-order valence-electron chi connectivity index (χ2n) is 5.66. The molecule has 2 saturated heterocycles. The van der Waals surface area contributed by atoms with Crippen LogP contribution in [0.4, 0.5) is 5.69 Å². The lowest BCUT2D eigenvalue weighted by Gasteiger charge is -2.26. The Morgan fingerprint density at radius 2 is 1.87 bits per heavy atom. The molecule has 1 aromatic rings. The average Bonchev–Trinajstić information content (AvgIpc) is 3.10. The van der Waals surface area contributed by atoms with Crippen molar-refractivity contribution < 1.29 is 14.3 Å². The van der Waals surface area contributed by atoms with E-state index in [1.54, 1.807) is 29.2 Å². The van der Waals surface area contributed by atoms with Crippen LogP contribution < -0.4 is 10.6 Å². The molecular weight excluding hydrogens is 318 g/mol. The summed E-state index contributed by atoms with van der Waals surface area (Å²) < 4.78 is 5.25. The first-order valence-electron chi connectivity index (χ1n) is 7.73. The molecule has 2 aliphatic heterocycles. The molecule has 23 heavy (non-hydrogen) atoms. The number of nitrogens with zero attached hydrogens (tertiary/aromatic N) is 1. The molecule has 2 amide bonds. The predicted octanol–water partition coefficient (Wildman–Crippen LogP) is 1.13. The molecule has 0 bridgehead atoms. The van der Waals surface area contributed by atoms with E-state index >= 15 is 0 Å². The molecular formula is C16H22ClN3O3. The van der Waals surface area contributed by atoms with Crippen molar-refractivity contribution in [2.24, 2.45) is 5.92 Å². The van der Waals surface area contributed by atoms with Gasteiger partial charge in [-0.05, 0) is 37.2 Å². The van der Waals surface area contributed by atoms with Gasteiger partial charge in [0.15, 0.2) is 0 Å². The minimum absolute atomic E-state index is 0. The number of hydrogen-bond donors (Lipinski definition) is 2. The van der Waals surface area contributed by atoms with Crippen molar-refractivity contribution in [1.29, 1.82) is 0 Å². The number of hydrogen-bond acceptors (Lipinski definition) is 4. The van der Waals surface area contributed by atoms with Crippen LogP contribution in [0.5, 0.6) is 0 Å². The highest BCUT2D eigenvalue weighted by Gasteiger charge is 2.22. The SMILES string of the molecule is Cl.O=C(Nc1ccc(C(=O)N2CCOCC2)cc1)C1CCNC1. The fraction of sp³-hybridized carbons (Fsp3) is 0.500. The molecule has 2 N–H and O–H groups in total. The number of amides is 2. The molecule has 0 aliphatic carbocycles. The van der Waals surface area contributed by atoms with Gasteiger partial charge in [-0.1, -0.05) is 0 Å². The van der Waals surface area contributed by atoms with Gasteiger partial charge in [-0.15, -0.1) is 12.4 Å². The summed E-state index contributed by atoms with van der Waals surface area (Å²) in [5.74, 6) is 0.0908. The lowest BCUT2D eigenvalue weighted by Crippen LogP contribution is -2.40. The van der Waals surface area contributed by atoms with E-state index in [4.69, 9.17) is 4.74 Å². The Balaban J connectivity index is 0.00000192. The molecule has 1 unspecified atom stereocenters. The van der Waals surface area contributed by atoms with E-state index in [0.29, 0.717) is 31.9 Å². The summed E-state index contributed by atoms with van der Waals surface area (Å²) >= 11 is 0. The van der Waals surface area contributed by atoms with Crippen molar-refractivity contribution >= 4 is 29.9 Å². The van der Waals surface area contributed by atoms with Crippen LogP contribution >= 0.6 is 12.4 Å². The number of benzene rings is 1. The van der Waals surface area contributed by atoms with E-state index in [1.165, 1.54) is 0 Å². The first-order chi connectivity index (χ1) is 10.7. The van der Waals surface area contributed by atoms with Gasteiger partial charge in [0.25, 0.3) is 5.91 Å². The Kier molecular flexibility index (Phi) is 6.38.